The van der Waals surface area contributed by atoms with Crippen LogP contribution in [-0.2, 0) is 5.41 Å². The predicted octanol–water partition coefficient (Wildman–Crippen LogP) is 3.44. The van der Waals surface area contributed by atoms with Gasteiger partial charge in [-0.25, -0.2) is 0 Å². The van der Waals surface area contributed by atoms with Crippen molar-refractivity contribution < 1.29 is 9.47 Å². The Morgan fingerprint density at radius 2 is 1.71 bits per heavy atom. The number of benzene rings is 2. The van der Waals surface area contributed by atoms with Crippen molar-refractivity contribution in [3.05, 3.63) is 59.7 Å². The lowest BCUT2D eigenvalue weighted by molar-refractivity contribution is 0.384. The Kier molecular flexibility index (Phi) is 3.60. The van der Waals surface area contributed by atoms with Crippen LogP contribution in [0, 0.1) is 0 Å². The van der Waals surface area contributed by atoms with Gasteiger partial charge in [-0.05, 0) is 24.5 Å². The molecule has 2 aromatic rings. The van der Waals surface area contributed by atoms with Crippen LogP contribution in [0.2, 0.25) is 0 Å². The fourth-order valence-electron chi connectivity index (χ4n) is 3.06. The zero-order valence-electron chi connectivity index (χ0n) is 12.5. The third-order valence-corrected chi connectivity index (χ3v) is 4.51. The zero-order valence-corrected chi connectivity index (χ0v) is 12.5. The lowest BCUT2D eigenvalue weighted by atomic mass is 9.84. The van der Waals surface area contributed by atoms with Gasteiger partial charge in [0.2, 0.25) is 0 Å². The van der Waals surface area contributed by atoms with Gasteiger partial charge in [0.25, 0.3) is 0 Å². The Morgan fingerprint density at radius 3 is 2.29 bits per heavy atom. The van der Waals surface area contributed by atoms with Crippen LogP contribution in [0.15, 0.2) is 48.5 Å². The van der Waals surface area contributed by atoms with Crippen LogP contribution in [0.5, 0.6) is 11.5 Å². The molecule has 1 fully saturated rings. The number of hydrogen-bond acceptors (Lipinski definition) is 3. The predicted molar refractivity (Wildman–Crippen MR) is 83.8 cm³/mol. The molecule has 0 radical (unpaired) electrons. The summed E-state index contributed by atoms with van der Waals surface area (Å²) >= 11 is 0. The van der Waals surface area contributed by atoms with Crippen LogP contribution < -0.4 is 15.2 Å². The summed E-state index contributed by atoms with van der Waals surface area (Å²) in [5.41, 5.74) is 9.02. The number of ether oxygens (including phenoxy) is 2. The van der Waals surface area contributed by atoms with Gasteiger partial charge in [0, 0.05) is 23.1 Å². The maximum absolute atomic E-state index is 6.61. The molecular formula is C18H21NO2. The molecule has 21 heavy (non-hydrogen) atoms. The smallest absolute Gasteiger partial charge is 0.127 e. The standard InChI is InChI=1S/C18H21NO2/c1-20-14-8-9-15(16(12-14)21-2)17(19)18(10-11-18)13-6-4-3-5-7-13/h3-9,12,17H,10-11,19H2,1-2H3. The normalized spacial score (nSPS) is 17.1. The summed E-state index contributed by atoms with van der Waals surface area (Å²) in [6.45, 7) is 0. The first-order valence-electron chi connectivity index (χ1n) is 7.24. The lowest BCUT2D eigenvalue weighted by Crippen LogP contribution is -2.26. The third-order valence-electron chi connectivity index (χ3n) is 4.51. The molecule has 1 saturated carbocycles. The topological polar surface area (TPSA) is 44.5 Å². The SMILES string of the molecule is COc1ccc(C(N)C2(c3ccccc3)CC2)c(OC)c1. The van der Waals surface area contributed by atoms with Gasteiger partial charge in [-0.15, -0.1) is 0 Å². The maximum Gasteiger partial charge on any atom is 0.127 e. The molecule has 0 aliphatic heterocycles. The summed E-state index contributed by atoms with van der Waals surface area (Å²) in [6, 6.07) is 16.3. The van der Waals surface area contributed by atoms with Crippen LogP contribution in [0.4, 0.5) is 0 Å². The molecule has 3 nitrogen and oxygen atoms in total. The summed E-state index contributed by atoms with van der Waals surface area (Å²) in [6.07, 6.45) is 2.24. The number of nitrogens with two attached hydrogens (primary N) is 1. The average molecular weight is 283 g/mol. The van der Waals surface area contributed by atoms with E-state index in [0.717, 1.165) is 29.9 Å². The van der Waals surface area contributed by atoms with Gasteiger partial charge in [-0.2, -0.15) is 0 Å². The highest BCUT2D eigenvalue weighted by molar-refractivity contribution is 5.47. The second-order valence-electron chi connectivity index (χ2n) is 5.61. The van der Waals surface area contributed by atoms with Gasteiger partial charge in [-0.3, -0.25) is 0 Å². The Balaban J connectivity index is 1.97. The molecule has 0 spiro atoms. The van der Waals surface area contributed by atoms with Crippen LogP contribution in [0.25, 0.3) is 0 Å². The maximum atomic E-state index is 6.61. The molecule has 1 aliphatic rings. The Labute approximate surface area is 125 Å². The molecule has 1 aliphatic carbocycles. The van der Waals surface area contributed by atoms with Gasteiger partial charge >= 0.3 is 0 Å². The monoisotopic (exact) mass is 283 g/mol. The summed E-state index contributed by atoms with van der Waals surface area (Å²) in [7, 11) is 3.33. The minimum absolute atomic E-state index is 0.0448. The Morgan fingerprint density at radius 1 is 1.00 bits per heavy atom. The van der Waals surface area contributed by atoms with Crippen molar-refractivity contribution in [3.63, 3.8) is 0 Å². The average Bonchev–Trinajstić information content (AvgIpc) is 3.36. The molecule has 0 heterocycles. The fourth-order valence-corrected chi connectivity index (χ4v) is 3.06. The molecule has 3 rings (SSSR count). The molecule has 2 N–H and O–H groups in total. The number of rotatable bonds is 5. The minimum Gasteiger partial charge on any atom is -0.497 e. The van der Waals surface area contributed by atoms with Gasteiger partial charge in [0.1, 0.15) is 11.5 Å². The first-order chi connectivity index (χ1) is 10.2. The van der Waals surface area contributed by atoms with Crippen molar-refractivity contribution in [1.29, 1.82) is 0 Å². The molecule has 110 valence electrons. The van der Waals surface area contributed by atoms with Crippen LogP contribution in [0.3, 0.4) is 0 Å². The largest absolute Gasteiger partial charge is 0.497 e. The second-order valence-corrected chi connectivity index (χ2v) is 5.61. The minimum atomic E-state index is -0.0687. The first-order valence-corrected chi connectivity index (χ1v) is 7.24. The van der Waals surface area contributed by atoms with E-state index >= 15 is 0 Å². The van der Waals surface area contributed by atoms with E-state index in [9.17, 15) is 0 Å². The molecule has 0 amide bonds. The van der Waals surface area contributed by atoms with Gasteiger partial charge in [-0.1, -0.05) is 36.4 Å². The molecule has 0 saturated heterocycles. The van der Waals surface area contributed by atoms with E-state index in [1.807, 2.05) is 24.3 Å². The Bertz CT molecular complexity index is 620. The Hall–Kier alpha value is -2.00. The summed E-state index contributed by atoms with van der Waals surface area (Å²) in [4.78, 5) is 0. The molecule has 2 aromatic carbocycles. The van der Waals surface area contributed by atoms with E-state index in [4.69, 9.17) is 15.2 Å². The number of hydrogen-bond donors (Lipinski definition) is 1. The fraction of sp³-hybridized carbons (Fsp3) is 0.333. The summed E-state index contributed by atoms with van der Waals surface area (Å²) in [5, 5.41) is 0. The van der Waals surface area contributed by atoms with Crippen molar-refractivity contribution in [2.24, 2.45) is 5.73 Å². The van der Waals surface area contributed by atoms with E-state index < -0.39 is 0 Å². The van der Waals surface area contributed by atoms with Crippen molar-refractivity contribution >= 4 is 0 Å². The van der Waals surface area contributed by atoms with Crippen LogP contribution in [0.1, 0.15) is 30.0 Å². The van der Waals surface area contributed by atoms with Crippen molar-refractivity contribution in [2.75, 3.05) is 14.2 Å². The highest BCUT2D eigenvalue weighted by Crippen LogP contribution is 2.56. The zero-order chi connectivity index (χ0) is 14.9. The van der Waals surface area contributed by atoms with Gasteiger partial charge < -0.3 is 15.2 Å². The van der Waals surface area contributed by atoms with E-state index in [0.29, 0.717) is 0 Å². The molecule has 3 heteroatoms. The van der Waals surface area contributed by atoms with Gasteiger partial charge in [0.05, 0.1) is 14.2 Å². The molecule has 0 aromatic heterocycles. The van der Waals surface area contributed by atoms with Crippen LogP contribution >= 0.6 is 0 Å². The molecular weight excluding hydrogens is 262 g/mol. The van der Waals surface area contributed by atoms with Crippen molar-refractivity contribution in [3.8, 4) is 11.5 Å². The lowest BCUT2D eigenvalue weighted by Gasteiger charge is -2.26. The van der Waals surface area contributed by atoms with E-state index in [-0.39, 0.29) is 11.5 Å². The van der Waals surface area contributed by atoms with E-state index in [2.05, 4.69) is 24.3 Å². The second kappa shape index (κ2) is 5.41. The van der Waals surface area contributed by atoms with E-state index in [1.54, 1.807) is 14.2 Å². The highest BCUT2D eigenvalue weighted by Gasteiger charge is 2.50. The quantitative estimate of drug-likeness (QED) is 0.914. The van der Waals surface area contributed by atoms with Crippen LogP contribution in [-0.4, -0.2) is 14.2 Å². The molecule has 0 bridgehead atoms. The molecule has 1 atom stereocenters. The first kappa shape index (κ1) is 14.0. The third kappa shape index (κ3) is 2.38. The summed E-state index contributed by atoms with van der Waals surface area (Å²) < 4.78 is 10.8. The van der Waals surface area contributed by atoms with E-state index in [1.165, 1.54) is 5.56 Å². The molecule has 1 unspecified atom stereocenters. The van der Waals surface area contributed by atoms with Crippen molar-refractivity contribution in [2.45, 2.75) is 24.3 Å². The highest BCUT2D eigenvalue weighted by atomic mass is 16.5. The summed E-state index contributed by atoms with van der Waals surface area (Å²) in [5.74, 6) is 1.58. The van der Waals surface area contributed by atoms with Gasteiger partial charge in [0.15, 0.2) is 0 Å². The van der Waals surface area contributed by atoms with Crippen molar-refractivity contribution in [1.82, 2.24) is 0 Å². The number of methoxy groups -OCH3 is 2.